The van der Waals surface area contributed by atoms with Crippen LogP contribution in [0.3, 0.4) is 0 Å². The zero-order valence-corrected chi connectivity index (χ0v) is 20.9. The lowest BCUT2D eigenvalue weighted by Gasteiger charge is -2.16. The number of rotatable bonds is 8. The number of carbonyl (C=O) groups is 2. The number of aromatic amines is 1. The summed E-state index contributed by atoms with van der Waals surface area (Å²) in [6, 6.07) is 20.5. The number of imidazole rings is 1. The Hall–Kier alpha value is -4.90. The van der Waals surface area contributed by atoms with Crippen LogP contribution in [0.25, 0.3) is 33.7 Å². The molecule has 0 radical (unpaired) electrons. The van der Waals surface area contributed by atoms with Crippen LogP contribution in [-0.2, 0) is 9.53 Å². The predicted molar refractivity (Wildman–Crippen MR) is 144 cm³/mol. The van der Waals surface area contributed by atoms with Gasteiger partial charge in [0.25, 0.3) is 11.6 Å². The second-order valence-electron chi connectivity index (χ2n) is 8.28. The van der Waals surface area contributed by atoms with E-state index in [0.717, 1.165) is 11.0 Å². The van der Waals surface area contributed by atoms with Gasteiger partial charge in [-0.25, -0.2) is 14.8 Å². The maximum absolute atomic E-state index is 13.1. The maximum Gasteiger partial charge on any atom is 0.339 e. The van der Waals surface area contributed by atoms with Crippen molar-refractivity contribution in [1.29, 1.82) is 0 Å². The van der Waals surface area contributed by atoms with Crippen LogP contribution >= 0.6 is 11.3 Å². The van der Waals surface area contributed by atoms with Gasteiger partial charge in [-0.1, -0.05) is 49.4 Å². The van der Waals surface area contributed by atoms with E-state index in [1.165, 1.54) is 23.5 Å². The molecule has 11 heteroatoms. The third-order valence-electron chi connectivity index (χ3n) is 5.79. The minimum absolute atomic E-state index is 0.0537. The molecule has 5 rings (SSSR count). The van der Waals surface area contributed by atoms with Gasteiger partial charge in [-0.2, -0.15) is 0 Å². The molecule has 190 valence electrons. The van der Waals surface area contributed by atoms with Crippen molar-refractivity contribution < 1.29 is 19.2 Å². The molecule has 2 N–H and O–H groups in total. The first-order chi connectivity index (χ1) is 18.4. The fraction of sp³-hybridized carbons (Fsp3) is 0.111. The number of nitrogens with one attached hydrogen (secondary N) is 2. The van der Waals surface area contributed by atoms with Crippen LogP contribution in [0.5, 0.6) is 0 Å². The van der Waals surface area contributed by atoms with E-state index < -0.39 is 22.9 Å². The molecule has 0 fully saturated rings. The fourth-order valence-corrected chi connectivity index (χ4v) is 4.61. The van der Waals surface area contributed by atoms with Gasteiger partial charge in [0.05, 0.1) is 27.2 Å². The summed E-state index contributed by atoms with van der Waals surface area (Å²) in [5.41, 5.74) is 3.43. The van der Waals surface area contributed by atoms with E-state index in [4.69, 9.17) is 4.74 Å². The lowest BCUT2D eigenvalue weighted by molar-refractivity contribution is -0.384. The summed E-state index contributed by atoms with van der Waals surface area (Å²) in [5, 5.41) is 15.7. The number of thiazole rings is 1. The van der Waals surface area contributed by atoms with Gasteiger partial charge in [0.1, 0.15) is 5.82 Å². The van der Waals surface area contributed by atoms with Gasteiger partial charge in [-0.15, -0.1) is 11.3 Å². The molecule has 0 aliphatic heterocycles. The van der Waals surface area contributed by atoms with E-state index in [9.17, 15) is 19.7 Å². The zero-order valence-electron chi connectivity index (χ0n) is 20.1. The second kappa shape index (κ2) is 10.6. The molecule has 0 aliphatic carbocycles. The number of benzene rings is 3. The molecule has 0 saturated carbocycles. The molecule has 3 aromatic carbocycles. The number of nitro groups is 1. The molecule has 38 heavy (non-hydrogen) atoms. The SMILES string of the molecule is CCC(OC(=O)c1ccccc1-c1nc2ccccc2[nH]1)C(=O)Nc1nc(-c2cccc([N+](=O)[O-])c2)cs1. The van der Waals surface area contributed by atoms with Crippen molar-refractivity contribution in [3.63, 3.8) is 0 Å². The van der Waals surface area contributed by atoms with Gasteiger partial charge in [-0.3, -0.25) is 20.2 Å². The van der Waals surface area contributed by atoms with Crippen LogP contribution < -0.4 is 5.32 Å². The van der Waals surface area contributed by atoms with E-state index in [0.29, 0.717) is 22.6 Å². The molecule has 0 aliphatic rings. The number of anilines is 1. The van der Waals surface area contributed by atoms with E-state index in [1.54, 1.807) is 48.7 Å². The molecule has 1 amide bonds. The summed E-state index contributed by atoms with van der Waals surface area (Å²) in [4.78, 5) is 48.8. The van der Waals surface area contributed by atoms with E-state index in [1.807, 2.05) is 24.3 Å². The Morgan fingerprint density at radius 1 is 1.08 bits per heavy atom. The number of H-pyrrole nitrogens is 1. The van der Waals surface area contributed by atoms with Crippen LogP contribution in [0, 0.1) is 10.1 Å². The summed E-state index contributed by atoms with van der Waals surface area (Å²) in [7, 11) is 0. The van der Waals surface area contributed by atoms with Crippen molar-refractivity contribution in [2.45, 2.75) is 19.4 Å². The monoisotopic (exact) mass is 527 g/mol. The normalized spacial score (nSPS) is 11.7. The lowest BCUT2D eigenvalue weighted by Crippen LogP contribution is -2.32. The fourth-order valence-electron chi connectivity index (χ4n) is 3.89. The largest absolute Gasteiger partial charge is 0.449 e. The Kier molecular flexibility index (Phi) is 6.92. The molecular formula is C27H21N5O5S. The Morgan fingerprint density at radius 3 is 2.66 bits per heavy atom. The summed E-state index contributed by atoms with van der Waals surface area (Å²) >= 11 is 1.17. The first-order valence-corrected chi connectivity index (χ1v) is 12.6. The Balaban J connectivity index is 1.31. The highest BCUT2D eigenvalue weighted by molar-refractivity contribution is 7.14. The molecule has 0 bridgehead atoms. The number of esters is 1. The minimum Gasteiger partial charge on any atom is -0.449 e. The van der Waals surface area contributed by atoms with Crippen LogP contribution in [0.2, 0.25) is 0 Å². The third-order valence-corrected chi connectivity index (χ3v) is 6.55. The van der Waals surface area contributed by atoms with Crippen molar-refractivity contribution >= 4 is 45.1 Å². The summed E-state index contributed by atoms with van der Waals surface area (Å²) < 4.78 is 5.60. The molecule has 0 saturated heterocycles. The van der Waals surface area contributed by atoms with Crippen LogP contribution in [0.4, 0.5) is 10.8 Å². The van der Waals surface area contributed by atoms with Crippen molar-refractivity contribution in [1.82, 2.24) is 15.0 Å². The number of hydrogen-bond acceptors (Lipinski definition) is 8. The third kappa shape index (κ3) is 5.13. The number of non-ortho nitro benzene ring substituents is 1. The lowest BCUT2D eigenvalue weighted by atomic mass is 10.1. The van der Waals surface area contributed by atoms with Crippen LogP contribution in [0.1, 0.15) is 23.7 Å². The van der Waals surface area contributed by atoms with Crippen molar-refractivity contribution in [2.75, 3.05) is 5.32 Å². The molecule has 1 atom stereocenters. The number of nitro benzene ring substituents is 1. The Morgan fingerprint density at radius 2 is 1.87 bits per heavy atom. The van der Waals surface area contributed by atoms with Crippen molar-refractivity contribution in [3.05, 3.63) is 93.9 Å². The number of nitrogens with zero attached hydrogens (tertiary/aromatic N) is 3. The van der Waals surface area contributed by atoms with Gasteiger partial charge >= 0.3 is 5.97 Å². The van der Waals surface area contributed by atoms with Gasteiger partial charge < -0.3 is 9.72 Å². The summed E-state index contributed by atoms with van der Waals surface area (Å²) in [6.07, 6.45) is -0.815. The van der Waals surface area contributed by atoms with Gasteiger partial charge in [0, 0.05) is 28.6 Å². The molecule has 10 nitrogen and oxygen atoms in total. The highest BCUT2D eigenvalue weighted by Gasteiger charge is 2.25. The molecule has 0 spiro atoms. The average molecular weight is 528 g/mol. The number of carbonyl (C=O) groups excluding carboxylic acids is 2. The number of ether oxygens (including phenoxy) is 1. The van der Waals surface area contributed by atoms with Crippen LogP contribution in [0.15, 0.2) is 78.2 Å². The van der Waals surface area contributed by atoms with Crippen molar-refractivity contribution in [3.8, 4) is 22.6 Å². The number of fused-ring (bicyclic) bond motifs is 1. The standard InChI is InChI=1S/C27H21N5O5S/c1-2-23(25(33)31-27-30-22(15-38-27)16-8-7-9-17(14-16)32(35)36)37-26(34)19-11-4-3-10-18(19)24-28-20-12-5-6-13-21(20)29-24/h3-15,23H,2H2,1H3,(H,28,29)(H,30,31,33). The molecule has 5 aromatic rings. The predicted octanol–water partition coefficient (Wildman–Crippen LogP) is 5.84. The zero-order chi connectivity index (χ0) is 26.6. The second-order valence-corrected chi connectivity index (χ2v) is 9.14. The van der Waals surface area contributed by atoms with E-state index >= 15 is 0 Å². The highest BCUT2D eigenvalue weighted by atomic mass is 32.1. The topological polar surface area (TPSA) is 140 Å². The average Bonchev–Trinajstić information content (AvgIpc) is 3.59. The van der Waals surface area contributed by atoms with Crippen molar-refractivity contribution in [2.24, 2.45) is 0 Å². The summed E-state index contributed by atoms with van der Waals surface area (Å²) in [6.45, 7) is 1.74. The first-order valence-electron chi connectivity index (χ1n) is 11.7. The Labute approximate surface area is 220 Å². The number of amides is 1. The first kappa shape index (κ1) is 24.8. The molecule has 1 unspecified atom stereocenters. The Bertz CT molecular complexity index is 1630. The highest BCUT2D eigenvalue weighted by Crippen LogP contribution is 2.28. The smallest absolute Gasteiger partial charge is 0.339 e. The maximum atomic E-state index is 13.1. The van der Waals surface area contributed by atoms with E-state index in [2.05, 4.69) is 20.3 Å². The minimum atomic E-state index is -1.06. The molecule has 2 heterocycles. The quantitative estimate of drug-likeness (QED) is 0.147. The summed E-state index contributed by atoms with van der Waals surface area (Å²) in [5.74, 6) is -0.658. The number of hydrogen-bond donors (Lipinski definition) is 2. The van der Waals surface area contributed by atoms with Crippen LogP contribution in [-0.4, -0.2) is 37.9 Å². The van der Waals surface area contributed by atoms with E-state index in [-0.39, 0.29) is 22.8 Å². The molecular weight excluding hydrogens is 506 g/mol. The van der Waals surface area contributed by atoms with Gasteiger partial charge in [0.2, 0.25) is 0 Å². The number of para-hydroxylation sites is 2. The number of aromatic nitrogens is 3. The van der Waals surface area contributed by atoms with Gasteiger partial charge in [-0.05, 0) is 24.6 Å². The molecule has 2 aromatic heterocycles. The van der Waals surface area contributed by atoms with Gasteiger partial charge in [0.15, 0.2) is 11.2 Å².